The number of methoxy groups -OCH3 is 1. The Hall–Kier alpha value is -3.71. The van der Waals surface area contributed by atoms with Gasteiger partial charge in [0.2, 0.25) is 5.91 Å². The third-order valence-electron chi connectivity index (χ3n) is 5.47. The lowest BCUT2D eigenvalue weighted by Gasteiger charge is -2.17. The van der Waals surface area contributed by atoms with Crippen molar-refractivity contribution in [2.24, 2.45) is 11.7 Å². The number of amides is 2. The van der Waals surface area contributed by atoms with Crippen molar-refractivity contribution in [3.63, 3.8) is 0 Å². The largest absolute Gasteiger partial charge is 0.494 e. The minimum absolute atomic E-state index is 0.0140. The van der Waals surface area contributed by atoms with Gasteiger partial charge in [-0.3, -0.25) is 14.6 Å². The summed E-state index contributed by atoms with van der Waals surface area (Å²) in [6.45, 7) is 3.35. The van der Waals surface area contributed by atoms with E-state index in [1.807, 2.05) is 18.2 Å². The number of aromatic nitrogens is 2. The van der Waals surface area contributed by atoms with Crippen LogP contribution in [0.4, 0.5) is 17.2 Å². The summed E-state index contributed by atoms with van der Waals surface area (Å²) in [5.41, 5.74) is 8.77. The molecule has 0 atom stereocenters. The van der Waals surface area contributed by atoms with Crippen molar-refractivity contribution in [3.05, 3.63) is 54.4 Å². The standard InChI is InChI=1S/C24H26N5O4P/c1-33-22-16(15-9-10-21(27-12-15)34(2,3)32)5-4-6-18(22)28-19-11-20(26-13-17(19)23(25)30)29-24(31)14-7-8-14/h4-6,9-14H,7-8H2,1-3H3,(H2,25,30)(H2,26,28,29,31). The average molecular weight is 479 g/mol. The van der Waals surface area contributed by atoms with E-state index in [2.05, 4.69) is 20.6 Å². The number of benzene rings is 1. The predicted molar refractivity (Wildman–Crippen MR) is 133 cm³/mol. The molecule has 10 heteroatoms. The molecule has 9 nitrogen and oxygen atoms in total. The molecule has 2 heterocycles. The molecule has 0 saturated heterocycles. The van der Waals surface area contributed by atoms with Gasteiger partial charge in [0.15, 0.2) is 0 Å². The van der Waals surface area contributed by atoms with E-state index in [1.54, 1.807) is 44.8 Å². The van der Waals surface area contributed by atoms with Gasteiger partial charge in [-0.05, 0) is 38.3 Å². The Morgan fingerprint density at radius 2 is 1.85 bits per heavy atom. The van der Waals surface area contributed by atoms with Crippen LogP contribution in [0.5, 0.6) is 5.75 Å². The Morgan fingerprint density at radius 3 is 2.44 bits per heavy atom. The van der Waals surface area contributed by atoms with Crippen LogP contribution in [0.2, 0.25) is 0 Å². The van der Waals surface area contributed by atoms with Crippen LogP contribution in [0.15, 0.2) is 48.8 Å². The average Bonchev–Trinajstić information content (AvgIpc) is 3.64. The molecule has 0 bridgehead atoms. The topological polar surface area (TPSA) is 136 Å². The monoisotopic (exact) mass is 479 g/mol. The highest BCUT2D eigenvalue weighted by Gasteiger charge is 2.30. The lowest BCUT2D eigenvalue weighted by molar-refractivity contribution is -0.117. The fourth-order valence-corrected chi connectivity index (χ4v) is 4.26. The molecule has 4 N–H and O–H groups in total. The maximum atomic E-state index is 12.3. The Labute approximate surface area is 197 Å². The van der Waals surface area contributed by atoms with E-state index in [9.17, 15) is 14.2 Å². The van der Waals surface area contributed by atoms with E-state index in [-0.39, 0.29) is 17.4 Å². The summed E-state index contributed by atoms with van der Waals surface area (Å²) < 4.78 is 18.0. The number of nitrogens with zero attached hydrogens (tertiary/aromatic N) is 2. The van der Waals surface area contributed by atoms with Crippen molar-refractivity contribution < 1.29 is 18.9 Å². The number of hydrogen-bond donors (Lipinski definition) is 3. The molecule has 0 aliphatic heterocycles. The van der Waals surface area contributed by atoms with Crippen LogP contribution in [-0.4, -0.2) is 42.2 Å². The van der Waals surface area contributed by atoms with Crippen molar-refractivity contribution in [1.82, 2.24) is 9.97 Å². The van der Waals surface area contributed by atoms with Gasteiger partial charge in [0.05, 0.1) is 29.5 Å². The van der Waals surface area contributed by atoms with Crippen molar-refractivity contribution >= 4 is 41.6 Å². The van der Waals surface area contributed by atoms with Crippen LogP contribution in [0, 0.1) is 5.92 Å². The lowest BCUT2D eigenvalue weighted by atomic mass is 10.1. The molecule has 0 radical (unpaired) electrons. The molecule has 34 heavy (non-hydrogen) atoms. The van der Waals surface area contributed by atoms with Gasteiger partial charge in [-0.2, -0.15) is 0 Å². The number of nitrogens with one attached hydrogen (secondary N) is 2. The zero-order chi connectivity index (χ0) is 24.5. The summed E-state index contributed by atoms with van der Waals surface area (Å²) in [7, 11) is -0.928. The molecule has 176 valence electrons. The molecule has 2 amide bonds. The van der Waals surface area contributed by atoms with Crippen molar-refractivity contribution in [2.45, 2.75) is 12.8 Å². The first-order chi connectivity index (χ1) is 16.2. The summed E-state index contributed by atoms with van der Waals surface area (Å²) in [6, 6.07) is 10.7. The fourth-order valence-electron chi connectivity index (χ4n) is 3.49. The van der Waals surface area contributed by atoms with E-state index in [0.717, 1.165) is 24.0 Å². The quantitative estimate of drug-likeness (QED) is 0.420. The molecule has 0 spiro atoms. The maximum absolute atomic E-state index is 12.3. The summed E-state index contributed by atoms with van der Waals surface area (Å²) in [4.78, 5) is 32.7. The minimum atomic E-state index is -2.47. The predicted octanol–water partition coefficient (Wildman–Crippen LogP) is 3.59. The molecule has 3 aromatic rings. The maximum Gasteiger partial charge on any atom is 0.252 e. The number of rotatable bonds is 8. The van der Waals surface area contributed by atoms with Crippen LogP contribution in [0.1, 0.15) is 23.2 Å². The van der Waals surface area contributed by atoms with Crippen molar-refractivity contribution in [2.75, 3.05) is 31.1 Å². The summed E-state index contributed by atoms with van der Waals surface area (Å²) >= 11 is 0. The molecule has 1 saturated carbocycles. The second-order valence-electron chi connectivity index (χ2n) is 8.51. The third-order valence-corrected chi connectivity index (χ3v) is 6.84. The van der Waals surface area contributed by atoms with Gasteiger partial charge >= 0.3 is 0 Å². The fraction of sp³-hybridized carbons (Fsp3) is 0.250. The van der Waals surface area contributed by atoms with Gasteiger partial charge in [0, 0.05) is 35.5 Å². The first-order valence-electron chi connectivity index (χ1n) is 10.7. The molecule has 0 unspecified atom stereocenters. The highest BCUT2D eigenvalue weighted by Crippen LogP contribution is 2.39. The number of anilines is 3. The molecular formula is C24H26N5O4P. The van der Waals surface area contributed by atoms with Crippen LogP contribution in [-0.2, 0) is 9.36 Å². The zero-order valence-corrected chi connectivity index (χ0v) is 20.1. The van der Waals surface area contributed by atoms with Crippen molar-refractivity contribution in [3.8, 4) is 16.9 Å². The van der Waals surface area contributed by atoms with Crippen molar-refractivity contribution in [1.29, 1.82) is 0 Å². The summed E-state index contributed by atoms with van der Waals surface area (Å²) in [5.74, 6) is 0.102. The van der Waals surface area contributed by atoms with E-state index >= 15 is 0 Å². The van der Waals surface area contributed by atoms with Crippen LogP contribution in [0.3, 0.4) is 0 Å². The lowest BCUT2D eigenvalue weighted by Crippen LogP contribution is -2.17. The Morgan fingerprint density at radius 1 is 1.09 bits per heavy atom. The number of carbonyl (C=O) groups excluding carboxylic acids is 2. The van der Waals surface area contributed by atoms with Gasteiger partial charge in [0.1, 0.15) is 18.7 Å². The Kier molecular flexibility index (Phi) is 6.39. The number of nitrogens with two attached hydrogens (primary N) is 1. The summed E-state index contributed by atoms with van der Waals surface area (Å²) in [5, 5.41) is 5.97. The summed E-state index contributed by atoms with van der Waals surface area (Å²) in [6.07, 6.45) is 4.72. The molecule has 2 aromatic heterocycles. The number of pyridine rings is 2. The number of ether oxygens (including phenoxy) is 1. The van der Waals surface area contributed by atoms with E-state index < -0.39 is 13.0 Å². The number of primary amides is 1. The molecule has 1 aliphatic rings. The van der Waals surface area contributed by atoms with Crippen LogP contribution >= 0.6 is 7.14 Å². The van der Waals surface area contributed by atoms with Crippen LogP contribution in [0.25, 0.3) is 11.1 Å². The zero-order valence-electron chi connectivity index (χ0n) is 19.2. The second-order valence-corrected chi connectivity index (χ2v) is 11.7. The Bertz CT molecular complexity index is 1300. The minimum Gasteiger partial charge on any atom is -0.494 e. The first-order valence-corrected chi connectivity index (χ1v) is 13.3. The third kappa shape index (κ3) is 5.10. The number of para-hydroxylation sites is 1. The highest BCUT2D eigenvalue weighted by atomic mass is 31.2. The Balaban J connectivity index is 1.69. The molecule has 1 aliphatic carbocycles. The molecule has 1 fully saturated rings. The van der Waals surface area contributed by atoms with Gasteiger partial charge in [-0.25, -0.2) is 4.98 Å². The second kappa shape index (κ2) is 9.27. The number of hydrogen-bond acceptors (Lipinski definition) is 7. The van der Waals surface area contributed by atoms with E-state index in [0.29, 0.717) is 28.4 Å². The number of carbonyl (C=O) groups is 2. The molecule has 1 aromatic carbocycles. The highest BCUT2D eigenvalue weighted by molar-refractivity contribution is 7.69. The molecule has 4 rings (SSSR count). The SMILES string of the molecule is COc1c(Nc2cc(NC(=O)C3CC3)ncc2C(N)=O)cccc1-c1ccc(P(C)(C)=O)nc1. The van der Waals surface area contributed by atoms with Gasteiger partial charge in [0.25, 0.3) is 5.91 Å². The van der Waals surface area contributed by atoms with Gasteiger partial charge in [-0.1, -0.05) is 18.2 Å². The first kappa shape index (κ1) is 23.4. The normalized spacial score (nSPS) is 13.3. The van der Waals surface area contributed by atoms with Crippen LogP contribution < -0.4 is 26.5 Å². The van der Waals surface area contributed by atoms with Gasteiger partial charge < -0.3 is 25.7 Å². The molecular weight excluding hydrogens is 453 g/mol. The van der Waals surface area contributed by atoms with E-state index in [1.165, 1.54) is 6.20 Å². The smallest absolute Gasteiger partial charge is 0.252 e. The van der Waals surface area contributed by atoms with Gasteiger partial charge in [-0.15, -0.1) is 0 Å². The van der Waals surface area contributed by atoms with E-state index in [4.69, 9.17) is 10.5 Å².